The smallest absolute Gasteiger partial charge is 0.158 e. The minimum atomic E-state index is 0.754. The average Bonchev–Trinajstić information content (AvgIpc) is 2.74. The first-order chi connectivity index (χ1) is 13.8. The third-order valence-corrected chi connectivity index (χ3v) is 6.18. The van der Waals surface area contributed by atoms with Gasteiger partial charge in [-0.3, -0.25) is 4.99 Å². The number of anilines is 1. The zero-order valence-electron chi connectivity index (χ0n) is 16.2. The summed E-state index contributed by atoms with van der Waals surface area (Å²) in [4.78, 5) is 12.4. The largest absolute Gasteiger partial charge is 0.452 e. The van der Waals surface area contributed by atoms with E-state index >= 15 is 0 Å². The summed E-state index contributed by atoms with van der Waals surface area (Å²) in [5.74, 6) is 0.836. The van der Waals surface area contributed by atoms with Crippen molar-refractivity contribution in [2.24, 2.45) is 4.99 Å². The molecule has 0 saturated carbocycles. The van der Waals surface area contributed by atoms with Crippen LogP contribution >= 0.6 is 0 Å². The van der Waals surface area contributed by atoms with Gasteiger partial charge >= 0.3 is 0 Å². The van der Waals surface area contributed by atoms with Gasteiger partial charge in [-0.25, -0.2) is 4.98 Å². The third kappa shape index (κ3) is 2.24. The fourth-order valence-corrected chi connectivity index (χ4v) is 5.05. The predicted molar refractivity (Wildman–Crippen MR) is 113 cm³/mol. The maximum Gasteiger partial charge on any atom is 0.158 e. The standard InChI is InChI=1S/C24H23N3O/c1-2-25-19-14-21-22(17-9-4-3-8-16(17)19)26-20-13-15-7-5-11-27-12-6-10-18(23(15)27)24(20)28-21/h3-4,8-9,13-14H,2,5-7,10-12H2,1H3. The van der Waals surface area contributed by atoms with Crippen molar-refractivity contribution in [3.63, 3.8) is 0 Å². The number of aromatic nitrogens is 1. The quantitative estimate of drug-likeness (QED) is 0.361. The van der Waals surface area contributed by atoms with Gasteiger partial charge in [-0.1, -0.05) is 24.3 Å². The molecule has 3 heterocycles. The summed E-state index contributed by atoms with van der Waals surface area (Å²) in [6.07, 6.45) is 4.64. The molecule has 4 nitrogen and oxygen atoms in total. The molecule has 0 atom stereocenters. The zero-order valence-corrected chi connectivity index (χ0v) is 16.2. The van der Waals surface area contributed by atoms with Crippen LogP contribution in [-0.4, -0.2) is 24.6 Å². The molecular formula is C24H23N3O. The summed E-state index contributed by atoms with van der Waals surface area (Å²) >= 11 is 0. The van der Waals surface area contributed by atoms with Gasteiger partial charge in [0.25, 0.3) is 0 Å². The molecule has 0 radical (unpaired) electrons. The van der Waals surface area contributed by atoms with E-state index in [4.69, 9.17) is 14.4 Å². The Hall–Kier alpha value is -2.88. The molecule has 2 aromatic rings. The van der Waals surface area contributed by atoms with E-state index in [0.29, 0.717) is 0 Å². The molecule has 6 rings (SSSR count). The van der Waals surface area contributed by atoms with Crippen LogP contribution in [-0.2, 0) is 12.8 Å². The van der Waals surface area contributed by atoms with Crippen LogP contribution in [0.15, 0.2) is 45.8 Å². The molecular weight excluding hydrogens is 346 g/mol. The topological polar surface area (TPSA) is 41.6 Å². The fourth-order valence-electron chi connectivity index (χ4n) is 5.05. The third-order valence-electron chi connectivity index (χ3n) is 6.18. The van der Waals surface area contributed by atoms with Crippen LogP contribution in [0.5, 0.6) is 0 Å². The molecule has 0 amide bonds. The van der Waals surface area contributed by atoms with Gasteiger partial charge in [0.05, 0.1) is 5.36 Å². The number of hydrogen-bond donors (Lipinski definition) is 0. The Labute approximate surface area is 163 Å². The average molecular weight is 369 g/mol. The molecule has 0 fully saturated rings. The Morgan fingerprint density at radius 2 is 1.89 bits per heavy atom. The van der Waals surface area contributed by atoms with Crippen molar-refractivity contribution in [1.82, 2.24) is 4.98 Å². The zero-order chi connectivity index (χ0) is 18.7. The minimum absolute atomic E-state index is 0.754. The lowest BCUT2D eigenvalue weighted by Crippen LogP contribution is -2.34. The first-order valence-electron chi connectivity index (χ1n) is 10.4. The first kappa shape index (κ1) is 16.1. The van der Waals surface area contributed by atoms with E-state index < -0.39 is 0 Å². The normalized spacial score (nSPS) is 16.9. The molecule has 0 spiro atoms. The number of fused-ring (bicyclic) bond motifs is 5. The van der Waals surface area contributed by atoms with Gasteiger partial charge in [0.2, 0.25) is 0 Å². The van der Waals surface area contributed by atoms with Crippen LogP contribution in [0.2, 0.25) is 0 Å². The molecule has 4 aliphatic rings. The Balaban J connectivity index is 1.75. The van der Waals surface area contributed by atoms with E-state index in [9.17, 15) is 0 Å². The van der Waals surface area contributed by atoms with Gasteiger partial charge < -0.3 is 9.32 Å². The Kier molecular flexibility index (Phi) is 3.49. The Morgan fingerprint density at radius 3 is 2.75 bits per heavy atom. The van der Waals surface area contributed by atoms with Gasteiger partial charge in [-0.2, -0.15) is 0 Å². The van der Waals surface area contributed by atoms with Crippen LogP contribution < -0.4 is 10.3 Å². The van der Waals surface area contributed by atoms with Crippen molar-refractivity contribution in [2.45, 2.75) is 32.6 Å². The van der Waals surface area contributed by atoms with Crippen molar-refractivity contribution in [3.8, 4) is 11.5 Å². The van der Waals surface area contributed by atoms with E-state index in [-0.39, 0.29) is 0 Å². The highest BCUT2D eigenvalue weighted by molar-refractivity contribution is 5.97. The van der Waals surface area contributed by atoms with Crippen LogP contribution in [0.3, 0.4) is 0 Å². The number of nitrogens with zero attached hydrogens (tertiary/aromatic N) is 3. The van der Waals surface area contributed by atoms with Crippen molar-refractivity contribution in [2.75, 3.05) is 24.5 Å². The lowest BCUT2D eigenvalue weighted by Gasteiger charge is -2.37. The molecule has 1 aliphatic carbocycles. The molecule has 0 N–H and O–H groups in total. The van der Waals surface area contributed by atoms with Gasteiger partial charge in [0.1, 0.15) is 11.2 Å². The summed E-state index contributed by atoms with van der Waals surface area (Å²) in [7, 11) is 0. The lowest BCUT2D eigenvalue weighted by atomic mass is 9.91. The van der Waals surface area contributed by atoms with Crippen molar-refractivity contribution < 1.29 is 4.42 Å². The molecule has 4 heteroatoms. The molecule has 2 aromatic carbocycles. The first-order valence-corrected chi connectivity index (χ1v) is 10.4. The molecule has 28 heavy (non-hydrogen) atoms. The van der Waals surface area contributed by atoms with E-state index in [1.807, 2.05) is 0 Å². The maximum atomic E-state index is 6.56. The lowest BCUT2D eigenvalue weighted by molar-refractivity contribution is 0.590. The second-order valence-corrected chi connectivity index (χ2v) is 7.88. The number of hydrogen-bond acceptors (Lipinski definition) is 4. The summed E-state index contributed by atoms with van der Waals surface area (Å²) < 4.78 is 6.56. The molecule has 0 aromatic heterocycles. The molecule has 0 unspecified atom stereocenters. The highest BCUT2D eigenvalue weighted by Gasteiger charge is 2.28. The Morgan fingerprint density at radius 1 is 1.07 bits per heavy atom. The van der Waals surface area contributed by atoms with E-state index in [1.165, 1.54) is 29.7 Å². The maximum absolute atomic E-state index is 6.56. The molecule has 0 bridgehead atoms. The predicted octanol–water partition coefficient (Wildman–Crippen LogP) is 4.71. The van der Waals surface area contributed by atoms with Crippen molar-refractivity contribution in [1.29, 1.82) is 0 Å². The molecule has 140 valence electrons. The molecule has 0 saturated heterocycles. The van der Waals surface area contributed by atoms with Crippen LogP contribution in [0.25, 0.3) is 33.3 Å². The summed E-state index contributed by atoms with van der Waals surface area (Å²) in [5.41, 5.74) is 7.13. The van der Waals surface area contributed by atoms with E-state index in [0.717, 1.165) is 71.2 Å². The van der Waals surface area contributed by atoms with Gasteiger partial charge in [0.15, 0.2) is 11.3 Å². The second-order valence-electron chi connectivity index (χ2n) is 7.88. The highest BCUT2D eigenvalue weighted by atomic mass is 16.3. The van der Waals surface area contributed by atoms with E-state index in [2.05, 4.69) is 48.2 Å². The van der Waals surface area contributed by atoms with Crippen LogP contribution in [0.1, 0.15) is 30.9 Å². The number of benzene rings is 3. The van der Waals surface area contributed by atoms with Gasteiger partial charge in [0, 0.05) is 47.7 Å². The van der Waals surface area contributed by atoms with Crippen molar-refractivity contribution in [3.05, 3.63) is 52.9 Å². The van der Waals surface area contributed by atoms with Gasteiger partial charge in [-0.05, 0) is 44.2 Å². The second kappa shape index (κ2) is 6.06. The van der Waals surface area contributed by atoms with Crippen LogP contribution in [0, 0.1) is 0 Å². The van der Waals surface area contributed by atoms with Gasteiger partial charge in [-0.15, -0.1) is 0 Å². The monoisotopic (exact) mass is 369 g/mol. The minimum Gasteiger partial charge on any atom is -0.452 e. The fraction of sp³-hybridized carbons (Fsp3) is 0.333. The van der Waals surface area contributed by atoms with E-state index in [1.54, 1.807) is 0 Å². The van der Waals surface area contributed by atoms with Crippen LogP contribution in [0.4, 0.5) is 5.69 Å². The number of rotatable bonds is 1. The summed E-state index contributed by atoms with van der Waals surface area (Å²) in [5, 5.41) is 3.25. The number of aryl methyl sites for hydroxylation is 2. The summed E-state index contributed by atoms with van der Waals surface area (Å²) in [6, 6.07) is 12.7. The summed E-state index contributed by atoms with van der Waals surface area (Å²) in [6.45, 7) is 5.15. The highest BCUT2D eigenvalue weighted by Crippen LogP contribution is 2.41. The Bertz CT molecular complexity index is 1270. The SMILES string of the molecule is CCN=c1cc2oc3c4c5c(cc3nc-2c2ccccc12)CCCN5CCC4. The van der Waals surface area contributed by atoms with Crippen molar-refractivity contribution >= 4 is 27.6 Å². The molecule has 3 aliphatic heterocycles.